The second kappa shape index (κ2) is 7.65. The number of carbonyl (C=O) groups is 2. The van der Waals surface area contributed by atoms with Gasteiger partial charge in [-0.2, -0.15) is 0 Å². The van der Waals surface area contributed by atoms with E-state index in [2.05, 4.69) is 5.32 Å². The van der Waals surface area contributed by atoms with Crippen molar-refractivity contribution in [3.63, 3.8) is 0 Å². The predicted molar refractivity (Wildman–Crippen MR) is 81.8 cm³/mol. The van der Waals surface area contributed by atoms with Crippen LogP contribution in [0.5, 0.6) is 0 Å². The highest BCUT2D eigenvalue weighted by Crippen LogP contribution is 2.27. The summed E-state index contributed by atoms with van der Waals surface area (Å²) in [6, 6.07) is -0.410. The summed E-state index contributed by atoms with van der Waals surface area (Å²) in [6.07, 6.45) is 7.70. The maximum atomic E-state index is 11.7. The summed E-state index contributed by atoms with van der Waals surface area (Å²) in [5, 5.41) is 2.70. The number of alkyl carbamates (subject to hydrolysis) is 1. The molecular formula is C16H31NO3. The Kier molecular flexibility index (Phi) is 6.50. The van der Waals surface area contributed by atoms with Gasteiger partial charge in [0.2, 0.25) is 0 Å². The number of carbonyl (C=O) groups excluding carboxylic acids is 2. The van der Waals surface area contributed by atoms with Crippen LogP contribution in [-0.2, 0) is 9.53 Å². The number of amides is 1. The topological polar surface area (TPSA) is 55.4 Å². The van der Waals surface area contributed by atoms with Crippen LogP contribution in [0.2, 0.25) is 0 Å². The molecule has 0 aromatic carbocycles. The van der Waals surface area contributed by atoms with Crippen molar-refractivity contribution in [3.8, 4) is 0 Å². The molecular weight excluding hydrogens is 254 g/mol. The fraction of sp³-hybridized carbons (Fsp3) is 0.875. The van der Waals surface area contributed by atoms with Crippen molar-refractivity contribution in [2.45, 2.75) is 84.3 Å². The van der Waals surface area contributed by atoms with Crippen LogP contribution in [0.4, 0.5) is 4.79 Å². The summed E-state index contributed by atoms with van der Waals surface area (Å²) >= 11 is 0. The van der Waals surface area contributed by atoms with E-state index in [9.17, 15) is 9.59 Å². The smallest absolute Gasteiger partial charge is 0.408 e. The van der Waals surface area contributed by atoms with Crippen LogP contribution in [0, 0.1) is 5.92 Å². The highest BCUT2D eigenvalue weighted by Gasteiger charge is 2.23. The van der Waals surface area contributed by atoms with Crippen molar-refractivity contribution in [1.82, 2.24) is 5.32 Å². The van der Waals surface area contributed by atoms with Gasteiger partial charge >= 0.3 is 6.09 Å². The molecule has 1 atom stereocenters. The van der Waals surface area contributed by atoms with Crippen LogP contribution in [0.25, 0.3) is 0 Å². The zero-order chi connectivity index (χ0) is 15.2. The standard InChI is InChI=1S/C16H29NO3.H2/c1-12(18)14(17-15(19)20-16(2,3)4)11-10-13-8-6-5-7-9-13;/h13-14H,5-11H2,1-4H3,(H,17,19);1H/t14-;/m0./s1. The summed E-state index contributed by atoms with van der Waals surface area (Å²) in [5.41, 5.74) is -0.533. The first-order chi connectivity index (χ1) is 9.28. The van der Waals surface area contributed by atoms with Gasteiger partial charge in [0.15, 0.2) is 5.78 Å². The molecule has 0 bridgehead atoms. The number of hydrogen-bond acceptors (Lipinski definition) is 3. The maximum Gasteiger partial charge on any atom is 0.408 e. The van der Waals surface area contributed by atoms with Crippen molar-refractivity contribution in [2.24, 2.45) is 5.92 Å². The molecule has 4 nitrogen and oxygen atoms in total. The molecule has 1 amide bonds. The molecule has 1 saturated carbocycles. The van der Waals surface area contributed by atoms with Crippen LogP contribution < -0.4 is 5.32 Å². The molecule has 20 heavy (non-hydrogen) atoms. The van der Waals surface area contributed by atoms with Crippen LogP contribution >= 0.6 is 0 Å². The number of ketones is 1. The Morgan fingerprint density at radius 1 is 1.25 bits per heavy atom. The lowest BCUT2D eigenvalue weighted by Crippen LogP contribution is -2.42. The molecule has 0 radical (unpaired) electrons. The molecule has 0 heterocycles. The van der Waals surface area contributed by atoms with Gasteiger partial charge in [-0.25, -0.2) is 4.79 Å². The molecule has 118 valence electrons. The van der Waals surface area contributed by atoms with E-state index in [1.807, 2.05) is 20.8 Å². The van der Waals surface area contributed by atoms with E-state index in [1.165, 1.54) is 39.0 Å². The third-order valence-electron chi connectivity index (χ3n) is 3.77. The number of ether oxygens (including phenoxy) is 1. The molecule has 0 aromatic rings. The normalized spacial score (nSPS) is 18.4. The highest BCUT2D eigenvalue weighted by atomic mass is 16.6. The van der Waals surface area contributed by atoms with Crippen LogP contribution in [0.3, 0.4) is 0 Å². The molecule has 0 unspecified atom stereocenters. The molecule has 0 spiro atoms. The second-order valence-electron chi connectivity index (χ2n) is 6.89. The fourth-order valence-corrected chi connectivity index (χ4v) is 2.71. The number of Topliss-reactive ketones (excluding diaryl/α,β-unsaturated/α-hetero) is 1. The van der Waals surface area contributed by atoms with Crippen molar-refractivity contribution in [1.29, 1.82) is 0 Å². The summed E-state index contributed by atoms with van der Waals surface area (Å²) < 4.78 is 5.21. The average Bonchev–Trinajstić information content (AvgIpc) is 2.33. The first kappa shape index (κ1) is 17.0. The molecule has 1 rings (SSSR count). The van der Waals surface area contributed by atoms with Gasteiger partial charge in [-0.15, -0.1) is 0 Å². The Labute approximate surface area is 124 Å². The molecule has 1 fully saturated rings. The van der Waals surface area contributed by atoms with Crippen molar-refractivity contribution in [2.75, 3.05) is 0 Å². The third kappa shape index (κ3) is 6.92. The monoisotopic (exact) mass is 285 g/mol. The SMILES string of the molecule is CC(=O)[C@H](CCC1CCCCC1)NC(=O)OC(C)(C)C.[HH]. The van der Waals surface area contributed by atoms with Gasteiger partial charge in [-0.3, -0.25) is 4.79 Å². The van der Waals surface area contributed by atoms with Crippen molar-refractivity contribution < 1.29 is 15.8 Å². The van der Waals surface area contributed by atoms with Crippen LogP contribution in [0.1, 0.15) is 74.1 Å². The summed E-state index contributed by atoms with van der Waals surface area (Å²) in [4.78, 5) is 23.4. The zero-order valence-electron chi connectivity index (χ0n) is 13.3. The van der Waals surface area contributed by atoms with Gasteiger partial charge in [0.05, 0.1) is 6.04 Å². The maximum absolute atomic E-state index is 11.7. The van der Waals surface area contributed by atoms with E-state index < -0.39 is 17.7 Å². The van der Waals surface area contributed by atoms with E-state index in [-0.39, 0.29) is 7.21 Å². The Morgan fingerprint density at radius 3 is 2.35 bits per heavy atom. The fourth-order valence-electron chi connectivity index (χ4n) is 2.71. The molecule has 1 aliphatic carbocycles. The van der Waals surface area contributed by atoms with Gasteiger partial charge in [0.25, 0.3) is 0 Å². The summed E-state index contributed by atoms with van der Waals surface area (Å²) in [7, 11) is 0. The molecule has 4 heteroatoms. The predicted octanol–water partition coefficient (Wildman–Crippen LogP) is 4.08. The number of hydrogen-bond donors (Lipinski definition) is 1. The van der Waals surface area contributed by atoms with Crippen LogP contribution in [0.15, 0.2) is 0 Å². The van der Waals surface area contributed by atoms with Crippen molar-refractivity contribution >= 4 is 11.9 Å². The first-order valence-electron chi connectivity index (χ1n) is 7.78. The van der Waals surface area contributed by atoms with E-state index in [0.717, 1.165) is 12.8 Å². The zero-order valence-corrected chi connectivity index (χ0v) is 13.3. The largest absolute Gasteiger partial charge is 0.444 e. The lowest BCUT2D eigenvalue weighted by molar-refractivity contribution is -0.119. The lowest BCUT2D eigenvalue weighted by Gasteiger charge is -2.25. The number of nitrogens with one attached hydrogen (secondary N) is 1. The minimum atomic E-state index is -0.533. The van der Waals surface area contributed by atoms with Gasteiger partial charge in [0.1, 0.15) is 5.60 Å². The van der Waals surface area contributed by atoms with E-state index in [4.69, 9.17) is 4.74 Å². The average molecular weight is 285 g/mol. The Balaban J connectivity index is 0.00000400. The van der Waals surface area contributed by atoms with E-state index in [0.29, 0.717) is 5.92 Å². The molecule has 0 saturated heterocycles. The minimum Gasteiger partial charge on any atom is -0.444 e. The molecule has 1 N–H and O–H groups in total. The Bertz CT molecular complexity index is 333. The van der Waals surface area contributed by atoms with Gasteiger partial charge in [0, 0.05) is 1.43 Å². The lowest BCUT2D eigenvalue weighted by atomic mass is 9.85. The Hall–Kier alpha value is -1.06. The van der Waals surface area contributed by atoms with Gasteiger partial charge < -0.3 is 10.1 Å². The summed E-state index contributed by atoms with van der Waals surface area (Å²) in [5.74, 6) is 0.720. The second-order valence-corrected chi connectivity index (χ2v) is 6.89. The first-order valence-corrected chi connectivity index (χ1v) is 7.78. The van der Waals surface area contributed by atoms with E-state index >= 15 is 0 Å². The molecule has 0 aliphatic heterocycles. The Morgan fingerprint density at radius 2 is 1.85 bits per heavy atom. The van der Waals surface area contributed by atoms with Gasteiger partial charge in [-0.1, -0.05) is 32.1 Å². The number of rotatable bonds is 5. The summed E-state index contributed by atoms with van der Waals surface area (Å²) in [6.45, 7) is 6.98. The minimum absolute atomic E-state index is 0. The third-order valence-corrected chi connectivity index (χ3v) is 3.77. The highest BCUT2D eigenvalue weighted by molar-refractivity contribution is 5.85. The quantitative estimate of drug-likeness (QED) is 0.828. The van der Waals surface area contributed by atoms with Crippen LogP contribution in [-0.4, -0.2) is 23.5 Å². The molecule has 1 aliphatic rings. The van der Waals surface area contributed by atoms with Crippen molar-refractivity contribution in [3.05, 3.63) is 0 Å². The van der Waals surface area contributed by atoms with Gasteiger partial charge in [-0.05, 0) is 46.5 Å². The molecule has 0 aromatic heterocycles. The van der Waals surface area contributed by atoms with E-state index in [1.54, 1.807) is 0 Å².